The minimum absolute atomic E-state index is 0.565. The quantitative estimate of drug-likeness (QED) is 0.786. The summed E-state index contributed by atoms with van der Waals surface area (Å²) in [7, 11) is 0. The lowest BCUT2D eigenvalue weighted by Crippen LogP contribution is -2.40. The van der Waals surface area contributed by atoms with E-state index < -0.39 is 0 Å². The first-order chi connectivity index (χ1) is 9.70. The molecule has 1 aromatic rings. The summed E-state index contributed by atoms with van der Waals surface area (Å²) in [5.74, 6) is 2.53. The maximum Gasteiger partial charge on any atom is 0.119 e. The van der Waals surface area contributed by atoms with Gasteiger partial charge in [0, 0.05) is 12.6 Å². The van der Waals surface area contributed by atoms with Gasteiger partial charge >= 0.3 is 0 Å². The molecule has 0 heterocycles. The van der Waals surface area contributed by atoms with Crippen LogP contribution in [0.4, 0.5) is 0 Å². The van der Waals surface area contributed by atoms with Crippen LogP contribution in [0.3, 0.4) is 0 Å². The van der Waals surface area contributed by atoms with E-state index in [0.29, 0.717) is 12.6 Å². The highest BCUT2D eigenvalue weighted by Gasteiger charge is 2.26. The average molecular weight is 273 g/mol. The van der Waals surface area contributed by atoms with Crippen molar-refractivity contribution in [3.05, 3.63) is 42.5 Å². The van der Waals surface area contributed by atoms with Crippen LogP contribution >= 0.6 is 0 Å². The summed E-state index contributed by atoms with van der Waals surface area (Å²) in [6.45, 7) is 9.93. The van der Waals surface area contributed by atoms with Crippen LogP contribution in [0.1, 0.15) is 38.7 Å². The molecule has 2 heteroatoms. The second-order valence-electron chi connectivity index (χ2n) is 6.00. The largest absolute Gasteiger partial charge is 0.490 e. The Bertz CT molecular complexity index is 412. The molecule has 1 saturated carbocycles. The number of rotatable bonds is 6. The van der Waals surface area contributed by atoms with Crippen LogP contribution in [-0.2, 0) is 6.54 Å². The van der Waals surface area contributed by atoms with E-state index in [4.69, 9.17) is 4.74 Å². The van der Waals surface area contributed by atoms with Gasteiger partial charge in [-0.1, -0.05) is 51.5 Å². The van der Waals surface area contributed by atoms with Gasteiger partial charge in [0.2, 0.25) is 0 Å². The first-order valence-electron chi connectivity index (χ1n) is 7.76. The van der Waals surface area contributed by atoms with Crippen LogP contribution < -0.4 is 10.1 Å². The molecular weight excluding hydrogens is 246 g/mol. The first kappa shape index (κ1) is 15.1. The van der Waals surface area contributed by atoms with E-state index in [9.17, 15) is 0 Å². The minimum atomic E-state index is 0.565. The number of ether oxygens (including phenoxy) is 1. The maximum absolute atomic E-state index is 5.50. The first-order valence-corrected chi connectivity index (χ1v) is 7.76. The number of hydrogen-bond acceptors (Lipinski definition) is 2. The summed E-state index contributed by atoms with van der Waals surface area (Å²) in [5, 5.41) is 3.72. The van der Waals surface area contributed by atoms with Crippen molar-refractivity contribution in [2.24, 2.45) is 11.8 Å². The zero-order valence-corrected chi connectivity index (χ0v) is 12.8. The van der Waals surface area contributed by atoms with Crippen LogP contribution in [0.2, 0.25) is 0 Å². The normalized spacial score (nSPS) is 26.2. The third-order valence-electron chi connectivity index (χ3n) is 4.57. The Morgan fingerprint density at radius 3 is 2.70 bits per heavy atom. The molecule has 0 bridgehead atoms. The van der Waals surface area contributed by atoms with E-state index in [2.05, 4.69) is 37.9 Å². The summed E-state index contributed by atoms with van der Waals surface area (Å²) in [6.07, 6.45) is 5.82. The molecule has 20 heavy (non-hydrogen) atoms. The summed E-state index contributed by atoms with van der Waals surface area (Å²) in [5.41, 5.74) is 1.32. The van der Waals surface area contributed by atoms with Crippen LogP contribution in [0.5, 0.6) is 5.75 Å². The van der Waals surface area contributed by atoms with Crippen molar-refractivity contribution in [2.75, 3.05) is 6.61 Å². The van der Waals surface area contributed by atoms with Crippen molar-refractivity contribution in [1.29, 1.82) is 0 Å². The molecule has 1 fully saturated rings. The summed E-state index contributed by atoms with van der Waals surface area (Å²) in [4.78, 5) is 0. The van der Waals surface area contributed by atoms with Gasteiger partial charge in [-0.2, -0.15) is 0 Å². The second kappa shape index (κ2) is 7.49. The van der Waals surface area contributed by atoms with E-state index in [-0.39, 0.29) is 0 Å². The predicted molar refractivity (Wildman–Crippen MR) is 84.9 cm³/mol. The fraction of sp³-hybridized carbons (Fsp3) is 0.556. The van der Waals surface area contributed by atoms with E-state index in [1.165, 1.54) is 24.8 Å². The monoisotopic (exact) mass is 273 g/mol. The molecule has 1 aromatic carbocycles. The minimum Gasteiger partial charge on any atom is -0.490 e. The molecule has 110 valence electrons. The summed E-state index contributed by atoms with van der Waals surface area (Å²) < 4.78 is 5.50. The van der Waals surface area contributed by atoms with E-state index >= 15 is 0 Å². The highest BCUT2D eigenvalue weighted by atomic mass is 16.5. The Balaban J connectivity index is 1.82. The average Bonchev–Trinajstić information content (AvgIpc) is 2.48. The van der Waals surface area contributed by atoms with E-state index in [1.54, 1.807) is 6.08 Å². The molecule has 2 rings (SSSR count). The van der Waals surface area contributed by atoms with Gasteiger partial charge in [-0.3, -0.25) is 0 Å². The van der Waals surface area contributed by atoms with Crippen molar-refractivity contribution >= 4 is 0 Å². The summed E-state index contributed by atoms with van der Waals surface area (Å²) in [6, 6.07) is 9.02. The highest BCUT2D eigenvalue weighted by molar-refractivity contribution is 5.27. The lowest BCUT2D eigenvalue weighted by molar-refractivity contribution is 0.206. The van der Waals surface area contributed by atoms with Gasteiger partial charge in [0.25, 0.3) is 0 Å². The van der Waals surface area contributed by atoms with Crippen molar-refractivity contribution in [2.45, 2.75) is 45.7 Å². The lowest BCUT2D eigenvalue weighted by Gasteiger charge is -2.34. The highest BCUT2D eigenvalue weighted by Crippen LogP contribution is 2.29. The fourth-order valence-corrected chi connectivity index (χ4v) is 2.98. The molecule has 0 saturated heterocycles. The number of benzene rings is 1. The van der Waals surface area contributed by atoms with Gasteiger partial charge in [0.15, 0.2) is 0 Å². The van der Waals surface area contributed by atoms with Gasteiger partial charge in [0.1, 0.15) is 12.4 Å². The molecular formula is C18H27NO. The molecule has 0 amide bonds. The Hall–Kier alpha value is -1.28. The van der Waals surface area contributed by atoms with Gasteiger partial charge in [0.05, 0.1) is 0 Å². The van der Waals surface area contributed by atoms with Crippen LogP contribution in [-0.4, -0.2) is 12.6 Å². The Morgan fingerprint density at radius 2 is 2.00 bits per heavy atom. The molecule has 0 aromatic heterocycles. The SMILES string of the molecule is C=CCOc1ccc(CN[C@@H]2CCC[C@H](C)[C@H]2C)cc1. The number of hydrogen-bond donors (Lipinski definition) is 1. The van der Waals surface area contributed by atoms with Crippen molar-refractivity contribution in [3.8, 4) is 5.75 Å². The van der Waals surface area contributed by atoms with Gasteiger partial charge < -0.3 is 10.1 Å². The van der Waals surface area contributed by atoms with Crippen LogP contribution in [0.15, 0.2) is 36.9 Å². The zero-order chi connectivity index (χ0) is 14.4. The van der Waals surface area contributed by atoms with E-state index in [0.717, 1.165) is 24.1 Å². The van der Waals surface area contributed by atoms with E-state index in [1.807, 2.05) is 12.1 Å². The molecule has 1 N–H and O–H groups in total. The van der Waals surface area contributed by atoms with Crippen molar-refractivity contribution < 1.29 is 4.74 Å². The fourth-order valence-electron chi connectivity index (χ4n) is 2.98. The molecule has 0 aliphatic heterocycles. The topological polar surface area (TPSA) is 21.3 Å². The Morgan fingerprint density at radius 1 is 1.25 bits per heavy atom. The van der Waals surface area contributed by atoms with Crippen molar-refractivity contribution in [1.82, 2.24) is 5.32 Å². The summed E-state index contributed by atoms with van der Waals surface area (Å²) >= 11 is 0. The predicted octanol–water partition coefficient (Wildman–Crippen LogP) is 4.17. The maximum atomic E-state index is 5.50. The third kappa shape index (κ3) is 4.11. The molecule has 0 radical (unpaired) electrons. The van der Waals surface area contributed by atoms with Crippen LogP contribution in [0.25, 0.3) is 0 Å². The Kier molecular flexibility index (Phi) is 5.66. The smallest absolute Gasteiger partial charge is 0.119 e. The molecule has 3 atom stereocenters. The second-order valence-corrected chi connectivity index (χ2v) is 6.00. The third-order valence-corrected chi connectivity index (χ3v) is 4.57. The van der Waals surface area contributed by atoms with Gasteiger partial charge in [-0.15, -0.1) is 0 Å². The standard InChI is InChI=1S/C18H27NO/c1-4-12-20-17-10-8-16(9-11-17)13-19-18-7-5-6-14(2)15(18)3/h4,8-11,14-15,18-19H,1,5-7,12-13H2,2-3H3/t14-,15+,18+/m0/s1. The molecule has 1 aliphatic rings. The van der Waals surface area contributed by atoms with Crippen molar-refractivity contribution in [3.63, 3.8) is 0 Å². The molecule has 0 unspecified atom stereocenters. The molecule has 0 spiro atoms. The molecule has 2 nitrogen and oxygen atoms in total. The van der Waals surface area contributed by atoms with Gasteiger partial charge in [-0.05, 0) is 36.0 Å². The van der Waals surface area contributed by atoms with Gasteiger partial charge in [-0.25, -0.2) is 0 Å². The van der Waals surface area contributed by atoms with Crippen LogP contribution in [0, 0.1) is 11.8 Å². The number of nitrogens with one attached hydrogen (secondary N) is 1. The zero-order valence-electron chi connectivity index (χ0n) is 12.8. The Labute approximate surface area is 123 Å². The molecule has 1 aliphatic carbocycles. The lowest BCUT2D eigenvalue weighted by atomic mass is 9.78.